The summed E-state index contributed by atoms with van der Waals surface area (Å²) in [4.78, 5) is 10.4. The smallest absolute Gasteiger partial charge is 0.337 e. The molecule has 3 N–H and O–H groups in total. The summed E-state index contributed by atoms with van der Waals surface area (Å²) in [5.74, 6) is -1.07. The molecule has 13 heavy (non-hydrogen) atoms. The highest BCUT2D eigenvalue weighted by molar-refractivity contribution is 6.43. The van der Waals surface area contributed by atoms with Crippen molar-refractivity contribution < 1.29 is 15.4 Å². The first kappa shape index (κ1) is 15.0. The fraction of sp³-hybridized carbons (Fsp3) is 0. The fourth-order valence-corrected chi connectivity index (χ4v) is 1.05. The minimum atomic E-state index is -1.07. The quantitative estimate of drug-likeness (QED) is 0.825. The van der Waals surface area contributed by atoms with E-state index in [9.17, 15) is 4.79 Å². The third kappa shape index (κ3) is 3.40. The van der Waals surface area contributed by atoms with Gasteiger partial charge in [-0.05, 0) is 12.1 Å². The topological polar surface area (TPSA) is 68.8 Å². The second-order valence-electron chi connectivity index (χ2n) is 1.91. The number of rotatable bonds is 1. The van der Waals surface area contributed by atoms with Crippen LogP contribution in [0.5, 0.6) is 0 Å². The highest BCUT2D eigenvalue weighted by Gasteiger charge is 2.09. The molecule has 1 aromatic carbocycles. The Labute approximate surface area is 91.0 Å². The van der Waals surface area contributed by atoms with Crippen LogP contribution in [0.1, 0.15) is 10.4 Å². The summed E-state index contributed by atoms with van der Waals surface area (Å²) in [6, 6.07) is 4.48. The van der Waals surface area contributed by atoms with E-state index < -0.39 is 5.97 Å². The molecule has 0 saturated carbocycles. The minimum absolute atomic E-state index is 0. The highest BCUT2D eigenvalue weighted by atomic mass is 35.5. The Morgan fingerprint density at radius 3 is 2.23 bits per heavy atom. The number of hydrogen-bond acceptors (Lipinski definition) is 1. The molecule has 0 amide bonds. The third-order valence-electron chi connectivity index (χ3n) is 1.18. The van der Waals surface area contributed by atoms with E-state index in [1.807, 2.05) is 0 Å². The van der Waals surface area contributed by atoms with E-state index in [4.69, 9.17) is 28.3 Å². The van der Waals surface area contributed by atoms with Crippen molar-refractivity contribution in [3.8, 4) is 0 Å². The van der Waals surface area contributed by atoms with Gasteiger partial charge in [-0.2, -0.15) is 0 Å². The van der Waals surface area contributed by atoms with Crippen LogP contribution in [0, 0.1) is 0 Å². The summed E-state index contributed by atoms with van der Waals surface area (Å²) in [5.41, 5.74) is 0.0270. The number of benzene rings is 1. The molecule has 0 fully saturated rings. The molecular formula is C7H7Cl3O3. The van der Waals surface area contributed by atoms with Crippen molar-refractivity contribution in [3.05, 3.63) is 33.8 Å². The van der Waals surface area contributed by atoms with E-state index in [2.05, 4.69) is 0 Å². The lowest BCUT2D eigenvalue weighted by atomic mass is 10.2. The highest BCUT2D eigenvalue weighted by Crippen LogP contribution is 2.25. The first-order valence-corrected chi connectivity index (χ1v) is 3.56. The summed E-state index contributed by atoms with van der Waals surface area (Å²) in [6.07, 6.45) is 0. The maximum Gasteiger partial charge on any atom is 0.337 e. The Kier molecular flexibility index (Phi) is 6.98. The zero-order valence-electron chi connectivity index (χ0n) is 6.25. The molecule has 74 valence electrons. The lowest BCUT2D eigenvalue weighted by Crippen LogP contribution is -1.96. The zero-order chi connectivity index (χ0) is 8.43. The minimum Gasteiger partial charge on any atom is -0.478 e. The largest absolute Gasteiger partial charge is 0.478 e. The van der Waals surface area contributed by atoms with Crippen molar-refractivity contribution in [3.63, 3.8) is 0 Å². The summed E-state index contributed by atoms with van der Waals surface area (Å²) >= 11 is 11.1. The van der Waals surface area contributed by atoms with E-state index >= 15 is 0 Å². The molecule has 0 unspecified atom stereocenters. The first-order valence-electron chi connectivity index (χ1n) is 2.80. The number of aromatic carboxylic acids is 1. The van der Waals surface area contributed by atoms with Crippen LogP contribution in [-0.4, -0.2) is 16.6 Å². The summed E-state index contributed by atoms with van der Waals surface area (Å²) in [6.45, 7) is 0. The van der Waals surface area contributed by atoms with E-state index in [1.54, 1.807) is 0 Å². The van der Waals surface area contributed by atoms with Gasteiger partial charge >= 0.3 is 5.97 Å². The number of hydrogen-bond donors (Lipinski definition) is 1. The normalized spacial score (nSPS) is 8.15. The molecule has 0 atom stereocenters. The molecule has 6 heteroatoms. The molecule has 0 spiro atoms. The summed E-state index contributed by atoms with van der Waals surface area (Å²) in [5, 5.41) is 8.89. The number of carboxylic acid groups (broad SMARTS) is 1. The molecule has 0 aliphatic rings. The zero-order valence-corrected chi connectivity index (χ0v) is 8.58. The third-order valence-corrected chi connectivity index (χ3v) is 2.00. The maximum atomic E-state index is 10.4. The van der Waals surface area contributed by atoms with Crippen molar-refractivity contribution in [2.75, 3.05) is 0 Å². The fourth-order valence-electron chi connectivity index (χ4n) is 0.669. The second kappa shape index (κ2) is 6.05. The molecule has 0 radical (unpaired) electrons. The van der Waals surface area contributed by atoms with Gasteiger partial charge in [0.05, 0.1) is 15.6 Å². The number of carboxylic acids is 1. The van der Waals surface area contributed by atoms with Crippen molar-refractivity contribution in [2.24, 2.45) is 0 Å². The van der Waals surface area contributed by atoms with Crippen LogP contribution in [0.15, 0.2) is 18.2 Å². The van der Waals surface area contributed by atoms with E-state index in [0.717, 1.165) is 0 Å². The second-order valence-corrected chi connectivity index (χ2v) is 2.69. The van der Waals surface area contributed by atoms with E-state index in [1.165, 1.54) is 18.2 Å². The average Bonchev–Trinajstić information content (AvgIpc) is 1.94. The van der Waals surface area contributed by atoms with Crippen molar-refractivity contribution in [1.29, 1.82) is 0 Å². The van der Waals surface area contributed by atoms with Crippen LogP contribution in [0.3, 0.4) is 0 Å². The lowest BCUT2D eigenvalue weighted by molar-refractivity contribution is 0.0697. The van der Waals surface area contributed by atoms with Gasteiger partial charge in [-0.1, -0.05) is 29.3 Å². The van der Waals surface area contributed by atoms with Gasteiger partial charge in [0.2, 0.25) is 0 Å². The van der Waals surface area contributed by atoms with Gasteiger partial charge in [-0.25, -0.2) is 4.79 Å². The standard InChI is InChI=1S/C7H4Cl2O2.ClH.H2O/c8-5-3-1-2-4(6(5)9)7(10)11;;/h1-3H,(H,10,11);1H;1H2. The van der Waals surface area contributed by atoms with Crippen LogP contribution in [0.2, 0.25) is 10.0 Å². The molecule has 0 aliphatic carbocycles. The van der Waals surface area contributed by atoms with Gasteiger partial charge in [-0.3, -0.25) is 0 Å². The van der Waals surface area contributed by atoms with Crippen LogP contribution in [-0.2, 0) is 0 Å². The van der Waals surface area contributed by atoms with E-state index in [-0.39, 0.29) is 33.5 Å². The first-order chi connectivity index (χ1) is 5.13. The molecule has 0 aliphatic heterocycles. The number of halogens is 3. The molecular weight excluding hydrogens is 238 g/mol. The Morgan fingerprint density at radius 1 is 1.31 bits per heavy atom. The Hall–Kier alpha value is -0.480. The molecule has 0 aromatic heterocycles. The predicted octanol–water partition coefficient (Wildman–Crippen LogP) is 2.29. The lowest BCUT2D eigenvalue weighted by Gasteiger charge is -1.98. The molecule has 0 saturated heterocycles. The van der Waals surface area contributed by atoms with Crippen LogP contribution in [0.25, 0.3) is 0 Å². The molecule has 1 aromatic rings. The van der Waals surface area contributed by atoms with Crippen molar-refractivity contribution in [2.45, 2.75) is 0 Å². The maximum absolute atomic E-state index is 10.4. The van der Waals surface area contributed by atoms with Crippen LogP contribution < -0.4 is 0 Å². The van der Waals surface area contributed by atoms with E-state index in [0.29, 0.717) is 0 Å². The van der Waals surface area contributed by atoms with Crippen LogP contribution >= 0.6 is 35.6 Å². The average molecular weight is 245 g/mol. The Morgan fingerprint density at radius 2 is 1.85 bits per heavy atom. The van der Waals surface area contributed by atoms with Crippen molar-refractivity contribution >= 4 is 41.6 Å². The monoisotopic (exact) mass is 244 g/mol. The predicted molar refractivity (Wildman–Crippen MR) is 54.3 cm³/mol. The summed E-state index contributed by atoms with van der Waals surface area (Å²) < 4.78 is 0. The number of carbonyl (C=O) groups is 1. The van der Waals surface area contributed by atoms with Gasteiger partial charge < -0.3 is 10.6 Å². The Balaban J connectivity index is 0. The molecule has 1 rings (SSSR count). The summed E-state index contributed by atoms with van der Waals surface area (Å²) in [7, 11) is 0. The molecule has 3 nitrogen and oxygen atoms in total. The van der Waals surface area contributed by atoms with Gasteiger partial charge in [0, 0.05) is 0 Å². The Bertz CT molecular complexity index is 301. The molecule has 0 heterocycles. The van der Waals surface area contributed by atoms with Gasteiger partial charge in [0.1, 0.15) is 0 Å². The van der Waals surface area contributed by atoms with Crippen molar-refractivity contribution in [1.82, 2.24) is 0 Å². The van der Waals surface area contributed by atoms with Gasteiger partial charge in [0.25, 0.3) is 0 Å². The molecule has 0 bridgehead atoms. The van der Waals surface area contributed by atoms with Gasteiger partial charge in [0.15, 0.2) is 0 Å². The SMILES string of the molecule is Cl.O.O=C(O)c1cccc(Cl)c1Cl. The van der Waals surface area contributed by atoms with Gasteiger partial charge in [-0.15, -0.1) is 12.4 Å². The van der Waals surface area contributed by atoms with Crippen LogP contribution in [0.4, 0.5) is 0 Å².